The van der Waals surface area contributed by atoms with Crippen molar-refractivity contribution in [3.05, 3.63) is 35.9 Å². The van der Waals surface area contributed by atoms with Crippen LogP contribution in [0, 0.1) is 0 Å². The Hall–Kier alpha value is -1.81. The van der Waals surface area contributed by atoms with Gasteiger partial charge in [-0.15, -0.1) is 0 Å². The van der Waals surface area contributed by atoms with Crippen LogP contribution in [-0.4, -0.2) is 12.9 Å². The van der Waals surface area contributed by atoms with Crippen molar-refractivity contribution < 1.29 is 0 Å². The van der Waals surface area contributed by atoms with Gasteiger partial charge in [-0.1, -0.05) is 24.8 Å². The van der Waals surface area contributed by atoms with Crippen molar-refractivity contribution in [3.8, 4) is 0 Å². The molecule has 0 bridgehead atoms. The first-order valence-electron chi connectivity index (χ1n) is 5.10. The molecular formula is C12H18N4. The summed E-state index contributed by atoms with van der Waals surface area (Å²) in [6.45, 7) is 6.10. The van der Waals surface area contributed by atoms with Crippen molar-refractivity contribution in [1.29, 1.82) is 0 Å². The zero-order valence-electron chi connectivity index (χ0n) is 9.75. The minimum Gasteiger partial charge on any atom is -0.388 e. The monoisotopic (exact) mass is 218 g/mol. The number of nitrogens with one attached hydrogen (secondary N) is 1. The Labute approximate surface area is 96.1 Å². The van der Waals surface area contributed by atoms with E-state index in [1.54, 1.807) is 6.92 Å². The second-order valence-electron chi connectivity index (χ2n) is 3.50. The third-order valence-electron chi connectivity index (χ3n) is 2.25. The Kier molecular flexibility index (Phi) is 4.08. The summed E-state index contributed by atoms with van der Waals surface area (Å²) >= 11 is 0. The molecule has 0 heterocycles. The van der Waals surface area contributed by atoms with E-state index in [-0.39, 0.29) is 0 Å². The molecule has 0 radical (unpaired) electrons. The maximum absolute atomic E-state index is 5.68. The number of hydrogen-bond acceptors (Lipinski definition) is 3. The molecule has 0 unspecified atom stereocenters. The molecule has 4 nitrogen and oxygen atoms in total. The highest BCUT2D eigenvalue weighted by Gasteiger charge is 2.08. The number of benzene rings is 1. The number of hydrogen-bond donors (Lipinski definition) is 3. The van der Waals surface area contributed by atoms with Crippen LogP contribution in [0.25, 0.3) is 5.70 Å². The van der Waals surface area contributed by atoms with E-state index in [0.717, 1.165) is 22.5 Å². The zero-order chi connectivity index (χ0) is 12.1. The molecule has 0 saturated heterocycles. The topological polar surface area (TPSA) is 76.4 Å². The standard InChI is InChI=1S/C12H18N4/c1-8(15-3)11-6-4-5-10(7-13)12(11)16-9(2)14/h4-6,15H,1,7,13H2,2-3H3,(H2,14,16). The highest BCUT2D eigenvalue weighted by molar-refractivity contribution is 5.84. The van der Waals surface area contributed by atoms with Gasteiger partial charge >= 0.3 is 0 Å². The molecular weight excluding hydrogens is 200 g/mol. The fourth-order valence-electron chi connectivity index (χ4n) is 1.44. The summed E-state index contributed by atoms with van der Waals surface area (Å²) in [6.07, 6.45) is 0. The van der Waals surface area contributed by atoms with Gasteiger partial charge in [0.25, 0.3) is 0 Å². The molecule has 5 N–H and O–H groups in total. The first kappa shape index (κ1) is 12.3. The van der Waals surface area contributed by atoms with Crippen molar-refractivity contribution in [2.75, 3.05) is 7.05 Å². The Balaban J connectivity index is 3.37. The maximum Gasteiger partial charge on any atom is 0.0965 e. The van der Waals surface area contributed by atoms with Gasteiger partial charge in [0.2, 0.25) is 0 Å². The normalized spacial score (nSPS) is 11.3. The van der Waals surface area contributed by atoms with E-state index in [0.29, 0.717) is 12.4 Å². The minimum atomic E-state index is 0.428. The van der Waals surface area contributed by atoms with Gasteiger partial charge in [0, 0.05) is 24.9 Å². The molecule has 0 fully saturated rings. The van der Waals surface area contributed by atoms with Gasteiger partial charge < -0.3 is 16.8 Å². The molecule has 0 aliphatic rings. The third kappa shape index (κ3) is 2.61. The van der Waals surface area contributed by atoms with E-state index in [1.807, 2.05) is 25.2 Å². The minimum absolute atomic E-state index is 0.428. The van der Waals surface area contributed by atoms with Crippen LogP contribution < -0.4 is 16.8 Å². The van der Waals surface area contributed by atoms with Crippen molar-refractivity contribution in [2.24, 2.45) is 16.5 Å². The summed E-state index contributed by atoms with van der Waals surface area (Å²) < 4.78 is 0. The number of rotatable bonds is 4. The first-order valence-corrected chi connectivity index (χ1v) is 5.10. The van der Waals surface area contributed by atoms with Gasteiger partial charge in [0.1, 0.15) is 0 Å². The van der Waals surface area contributed by atoms with E-state index < -0.39 is 0 Å². The SMILES string of the molecule is C=C(NC)c1cccc(CN)c1N=C(C)N. The molecule has 0 aliphatic carbocycles. The molecule has 0 aliphatic heterocycles. The Bertz CT molecular complexity index is 417. The molecule has 0 amide bonds. The molecule has 16 heavy (non-hydrogen) atoms. The van der Waals surface area contributed by atoms with E-state index in [1.165, 1.54) is 0 Å². The summed E-state index contributed by atoms with van der Waals surface area (Å²) in [5.41, 5.74) is 14.8. The number of para-hydroxylation sites is 1. The zero-order valence-corrected chi connectivity index (χ0v) is 9.75. The second kappa shape index (κ2) is 5.32. The lowest BCUT2D eigenvalue weighted by Crippen LogP contribution is -2.08. The van der Waals surface area contributed by atoms with Crippen LogP contribution in [0.15, 0.2) is 29.8 Å². The van der Waals surface area contributed by atoms with Gasteiger partial charge in [0.05, 0.1) is 11.5 Å². The van der Waals surface area contributed by atoms with Crippen molar-refractivity contribution in [1.82, 2.24) is 5.32 Å². The molecule has 0 saturated carbocycles. The number of nitrogens with zero attached hydrogens (tertiary/aromatic N) is 1. The van der Waals surface area contributed by atoms with Crippen LogP contribution >= 0.6 is 0 Å². The Morgan fingerprint density at radius 3 is 2.69 bits per heavy atom. The van der Waals surface area contributed by atoms with Gasteiger partial charge in [-0.3, -0.25) is 0 Å². The van der Waals surface area contributed by atoms with Crippen LogP contribution in [0.5, 0.6) is 0 Å². The molecule has 1 aromatic carbocycles. The van der Waals surface area contributed by atoms with Gasteiger partial charge in [0.15, 0.2) is 0 Å². The van der Waals surface area contributed by atoms with E-state index in [9.17, 15) is 0 Å². The summed E-state index contributed by atoms with van der Waals surface area (Å²) in [6, 6.07) is 5.82. The van der Waals surface area contributed by atoms with Gasteiger partial charge in [-0.25, -0.2) is 4.99 Å². The van der Waals surface area contributed by atoms with Crippen LogP contribution in [0.3, 0.4) is 0 Å². The van der Waals surface area contributed by atoms with E-state index >= 15 is 0 Å². The highest BCUT2D eigenvalue weighted by Crippen LogP contribution is 2.28. The van der Waals surface area contributed by atoms with Crippen LogP contribution in [0.4, 0.5) is 5.69 Å². The van der Waals surface area contributed by atoms with E-state index in [2.05, 4.69) is 16.9 Å². The third-order valence-corrected chi connectivity index (χ3v) is 2.25. The summed E-state index contributed by atoms with van der Waals surface area (Å²) in [4.78, 5) is 4.31. The number of nitrogens with two attached hydrogens (primary N) is 2. The molecule has 1 rings (SSSR count). The largest absolute Gasteiger partial charge is 0.388 e. The first-order chi connectivity index (χ1) is 7.60. The summed E-state index contributed by atoms with van der Waals surface area (Å²) in [5, 5.41) is 3.00. The lowest BCUT2D eigenvalue weighted by Gasteiger charge is -2.12. The molecule has 0 aromatic heterocycles. The average molecular weight is 218 g/mol. The smallest absolute Gasteiger partial charge is 0.0965 e. The van der Waals surface area contributed by atoms with Crippen LogP contribution in [0.1, 0.15) is 18.1 Å². The van der Waals surface area contributed by atoms with Crippen LogP contribution in [-0.2, 0) is 6.54 Å². The Morgan fingerprint density at radius 2 is 2.19 bits per heavy atom. The summed E-state index contributed by atoms with van der Waals surface area (Å²) in [7, 11) is 1.82. The number of amidine groups is 1. The molecule has 1 aromatic rings. The van der Waals surface area contributed by atoms with Gasteiger partial charge in [-0.05, 0) is 12.5 Å². The molecule has 0 spiro atoms. The number of aliphatic imine (C=N–C) groups is 1. The van der Waals surface area contributed by atoms with Crippen molar-refractivity contribution in [2.45, 2.75) is 13.5 Å². The predicted octanol–water partition coefficient (Wildman–Crippen LogP) is 1.34. The lowest BCUT2D eigenvalue weighted by molar-refractivity contribution is 1.06. The highest BCUT2D eigenvalue weighted by atomic mass is 14.9. The quantitative estimate of drug-likeness (QED) is 0.527. The molecule has 86 valence electrons. The fourth-order valence-corrected chi connectivity index (χ4v) is 1.44. The average Bonchev–Trinajstić information content (AvgIpc) is 2.27. The summed E-state index contributed by atoms with van der Waals surface area (Å²) in [5.74, 6) is 0.506. The predicted molar refractivity (Wildman–Crippen MR) is 69.4 cm³/mol. The van der Waals surface area contributed by atoms with E-state index in [4.69, 9.17) is 11.5 Å². The second-order valence-corrected chi connectivity index (χ2v) is 3.50. The lowest BCUT2D eigenvalue weighted by atomic mass is 10.1. The van der Waals surface area contributed by atoms with Gasteiger partial charge in [-0.2, -0.15) is 0 Å². The van der Waals surface area contributed by atoms with Crippen molar-refractivity contribution >= 4 is 17.2 Å². The molecule has 4 heteroatoms. The Morgan fingerprint density at radius 1 is 1.50 bits per heavy atom. The van der Waals surface area contributed by atoms with Crippen LogP contribution in [0.2, 0.25) is 0 Å². The van der Waals surface area contributed by atoms with Crippen molar-refractivity contribution in [3.63, 3.8) is 0 Å². The molecule has 0 atom stereocenters. The maximum atomic E-state index is 5.68. The fraction of sp³-hybridized carbons (Fsp3) is 0.250.